The standard InChI is InChI=1S/C20H12Cl4F6S/c21-13-5-11(6-14(22)9-13)17(1-3-19(25,26)27)31-18(2-4-20(28,29)30)12-7-15(23)10-16(24)8-12/h1-10,17-18H. The zero-order valence-electron chi connectivity index (χ0n) is 15.1. The molecule has 2 atom stereocenters. The van der Waals surface area contributed by atoms with Gasteiger partial charge in [0.1, 0.15) is 0 Å². The first-order valence-electron chi connectivity index (χ1n) is 8.31. The zero-order valence-corrected chi connectivity index (χ0v) is 19.0. The van der Waals surface area contributed by atoms with E-state index >= 15 is 0 Å². The Morgan fingerprint density at radius 3 is 1.13 bits per heavy atom. The van der Waals surface area contributed by atoms with Crippen LogP contribution < -0.4 is 0 Å². The van der Waals surface area contributed by atoms with E-state index in [1.165, 1.54) is 36.4 Å². The normalized spacial score (nSPS) is 15.0. The van der Waals surface area contributed by atoms with Crippen molar-refractivity contribution in [2.75, 3.05) is 0 Å². The summed E-state index contributed by atoms with van der Waals surface area (Å²) in [7, 11) is 0. The maximum atomic E-state index is 12.8. The molecule has 0 nitrogen and oxygen atoms in total. The van der Waals surface area contributed by atoms with Crippen molar-refractivity contribution >= 4 is 58.2 Å². The van der Waals surface area contributed by atoms with Crippen molar-refractivity contribution in [1.29, 1.82) is 0 Å². The van der Waals surface area contributed by atoms with Crippen LogP contribution in [0.4, 0.5) is 26.3 Å². The van der Waals surface area contributed by atoms with Gasteiger partial charge in [-0.25, -0.2) is 0 Å². The minimum Gasteiger partial charge on any atom is -0.167 e. The lowest BCUT2D eigenvalue weighted by Crippen LogP contribution is -2.05. The van der Waals surface area contributed by atoms with Gasteiger partial charge in [-0.3, -0.25) is 0 Å². The highest BCUT2D eigenvalue weighted by atomic mass is 35.5. The van der Waals surface area contributed by atoms with Crippen LogP contribution in [-0.4, -0.2) is 12.4 Å². The predicted molar refractivity (Wildman–Crippen MR) is 116 cm³/mol. The molecule has 2 unspecified atom stereocenters. The zero-order chi connectivity index (χ0) is 23.4. The van der Waals surface area contributed by atoms with Crippen LogP contribution in [0.3, 0.4) is 0 Å². The number of alkyl halides is 6. The molecule has 0 saturated carbocycles. The van der Waals surface area contributed by atoms with Crippen LogP contribution in [0.15, 0.2) is 60.7 Å². The van der Waals surface area contributed by atoms with E-state index in [0.29, 0.717) is 0 Å². The molecule has 2 aromatic carbocycles. The monoisotopic (exact) mass is 538 g/mol. The summed E-state index contributed by atoms with van der Waals surface area (Å²) in [6.45, 7) is 0. The van der Waals surface area contributed by atoms with Crippen molar-refractivity contribution in [2.45, 2.75) is 22.9 Å². The van der Waals surface area contributed by atoms with E-state index in [1.807, 2.05) is 0 Å². The molecule has 0 bridgehead atoms. The van der Waals surface area contributed by atoms with Gasteiger partial charge >= 0.3 is 12.4 Å². The van der Waals surface area contributed by atoms with Crippen LogP contribution in [0.25, 0.3) is 0 Å². The second kappa shape index (κ2) is 10.8. The van der Waals surface area contributed by atoms with Gasteiger partial charge in [-0.05, 0) is 47.5 Å². The molecule has 168 valence electrons. The third-order valence-electron chi connectivity index (χ3n) is 3.64. The van der Waals surface area contributed by atoms with Gasteiger partial charge in [-0.2, -0.15) is 26.3 Å². The van der Waals surface area contributed by atoms with Crippen LogP contribution >= 0.6 is 58.2 Å². The summed E-state index contributed by atoms with van der Waals surface area (Å²) in [5.41, 5.74) is 0.558. The molecule has 0 saturated heterocycles. The molecule has 0 aliphatic carbocycles. The fraction of sp³-hybridized carbons (Fsp3) is 0.200. The van der Waals surface area contributed by atoms with Crippen LogP contribution in [0.1, 0.15) is 21.6 Å². The minimum absolute atomic E-state index is 0.00889. The molecule has 0 amide bonds. The highest BCUT2D eigenvalue weighted by Gasteiger charge is 2.27. The number of hydrogen-bond donors (Lipinski definition) is 0. The summed E-state index contributed by atoms with van der Waals surface area (Å²) in [6, 6.07) is 8.34. The number of halogens is 10. The Kier molecular flexibility index (Phi) is 9.11. The molecular weight excluding hydrogens is 528 g/mol. The number of thioether (sulfide) groups is 1. The van der Waals surface area contributed by atoms with Crippen molar-refractivity contribution in [3.8, 4) is 0 Å². The summed E-state index contributed by atoms with van der Waals surface area (Å²) in [5.74, 6) is 0. The molecule has 11 heteroatoms. The van der Waals surface area contributed by atoms with Gasteiger partial charge in [0.05, 0.1) is 0 Å². The fourth-order valence-electron chi connectivity index (χ4n) is 2.50. The Bertz CT molecular complexity index is 851. The molecule has 0 N–H and O–H groups in total. The molecule has 0 fully saturated rings. The first-order chi connectivity index (χ1) is 14.2. The summed E-state index contributed by atoms with van der Waals surface area (Å²) < 4.78 is 76.9. The molecule has 0 heterocycles. The van der Waals surface area contributed by atoms with E-state index in [-0.39, 0.29) is 43.4 Å². The van der Waals surface area contributed by atoms with Crippen molar-refractivity contribution in [3.05, 3.63) is 91.9 Å². The quantitative estimate of drug-likeness (QED) is 0.260. The second-order valence-electron chi connectivity index (χ2n) is 6.18. The third kappa shape index (κ3) is 9.58. The van der Waals surface area contributed by atoms with Crippen molar-refractivity contribution < 1.29 is 26.3 Å². The second-order valence-corrected chi connectivity index (χ2v) is 9.22. The fourth-order valence-corrected chi connectivity index (χ4v) is 4.83. The molecule has 31 heavy (non-hydrogen) atoms. The smallest absolute Gasteiger partial charge is 0.167 e. The summed E-state index contributed by atoms with van der Waals surface area (Å²) in [5, 5.41) is -1.41. The van der Waals surface area contributed by atoms with E-state index in [9.17, 15) is 26.3 Å². The maximum absolute atomic E-state index is 12.8. The molecule has 0 aliphatic heterocycles. The lowest BCUT2D eigenvalue weighted by molar-refractivity contribution is -0.0809. The van der Waals surface area contributed by atoms with E-state index < -0.39 is 22.9 Å². The van der Waals surface area contributed by atoms with Crippen molar-refractivity contribution in [1.82, 2.24) is 0 Å². The molecular formula is C20H12Cl4F6S. The highest BCUT2D eigenvalue weighted by molar-refractivity contribution is 8.00. The molecule has 2 rings (SSSR count). The van der Waals surface area contributed by atoms with Gasteiger partial charge in [-0.15, -0.1) is 11.8 Å². The molecule has 0 spiro atoms. The molecule has 0 radical (unpaired) electrons. The topological polar surface area (TPSA) is 0 Å². The summed E-state index contributed by atoms with van der Waals surface area (Å²) in [4.78, 5) is 0. The number of allylic oxidation sites excluding steroid dienone is 2. The summed E-state index contributed by atoms with van der Waals surface area (Å²) >= 11 is 24.7. The number of hydrogen-bond acceptors (Lipinski definition) is 1. The van der Waals surface area contributed by atoms with Gasteiger partial charge in [0.25, 0.3) is 0 Å². The Morgan fingerprint density at radius 2 is 0.871 bits per heavy atom. The maximum Gasteiger partial charge on any atom is 0.409 e. The largest absolute Gasteiger partial charge is 0.409 e. The highest BCUT2D eigenvalue weighted by Crippen LogP contribution is 2.45. The van der Waals surface area contributed by atoms with Crippen LogP contribution in [0, 0.1) is 0 Å². The van der Waals surface area contributed by atoms with Gasteiger partial charge in [0.15, 0.2) is 0 Å². The van der Waals surface area contributed by atoms with Gasteiger partial charge in [0.2, 0.25) is 0 Å². The first kappa shape index (κ1) is 26.3. The number of benzene rings is 2. The van der Waals surface area contributed by atoms with E-state index in [4.69, 9.17) is 46.4 Å². The molecule has 0 aromatic heterocycles. The predicted octanol–water partition coefficient (Wildman–Crippen LogP) is 10.1. The van der Waals surface area contributed by atoms with Crippen LogP contribution in [0.2, 0.25) is 20.1 Å². The van der Waals surface area contributed by atoms with Crippen LogP contribution in [-0.2, 0) is 0 Å². The SMILES string of the molecule is FC(F)(F)C=CC(SC(C=CC(F)(F)F)c1cc(Cl)cc(Cl)c1)c1cc(Cl)cc(Cl)c1. The first-order valence-corrected chi connectivity index (χ1v) is 10.8. The minimum atomic E-state index is -4.63. The van der Waals surface area contributed by atoms with Gasteiger partial charge in [0, 0.05) is 42.7 Å². The number of rotatable bonds is 6. The van der Waals surface area contributed by atoms with Crippen molar-refractivity contribution in [3.63, 3.8) is 0 Å². The lowest BCUT2D eigenvalue weighted by Gasteiger charge is -2.21. The third-order valence-corrected chi connectivity index (χ3v) is 5.96. The van der Waals surface area contributed by atoms with Gasteiger partial charge < -0.3 is 0 Å². The average molecular weight is 540 g/mol. The van der Waals surface area contributed by atoms with E-state index in [2.05, 4.69) is 0 Å². The van der Waals surface area contributed by atoms with Crippen LogP contribution in [0.5, 0.6) is 0 Å². The lowest BCUT2D eigenvalue weighted by atomic mass is 10.1. The van der Waals surface area contributed by atoms with Gasteiger partial charge in [-0.1, -0.05) is 58.6 Å². The van der Waals surface area contributed by atoms with E-state index in [0.717, 1.165) is 23.9 Å². The summed E-state index contributed by atoms with van der Waals surface area (Å²) in [6.07, 6.45) is -7.58. The molecule has 2 aromatic rings. The Hall–Kier alpha value is -0.990. The molecule has 0 aliphatic rings. The van der Waals surface area contributed by atoms with Crippen molar-refractivity contribution in [2.24, 2.45) is 0 Å². The Morgan fingerprint density at radius 1 is 0.581 bits per heavy atom. The van der Waals surface area contributed by atoms with E-state index in [1.54, 1.807) is 0 Å². The average Bonchev–Trinajstić information content (AvgIpc) is 2.57. The Balaban J connectivity index is 2.54. The Labute approximate surface area is 198 Å².